The van der Waals surface area contributed by atoms with Crippen molar-refractivity contribution in [2.24, 2.45) is 0 Å². The molecule has 2 aliphatic heterocycles. The molecular weight excluding hydrogens is 316 g/mol. The van der Waals surface area contributed by atoms with E-state index in [-0.39, 0.29) is 12.2 Å². The summed E-state index contributed by atoms with van der Waals surface area (Å²) in [5.74, 6) is 0.804. The van der Waals surface area contributed by atoms with E-state index in [2.05, 4.69) is 15.9 Å². The van der Waals surface area contributed by atoms with Gasteiger partial charge in [0.05, 0.1) is 17.9 Å². The van der Waals surface area contributed by atoms with Gasteiger partial charge in [-0.1, -0.05) is 0 Å². The van der Waals surface area contributed by atoms with Crippen LogP contribution in [0.25, 0.3) is 0 Å². The van der Waals surface area contributed by atoms with Crippen LogP contribution in [0.3, 0.4) is 0 Å². The Bertz CT molecular complexity index is 598. The highest BCUT2D eigenvalue weighted by atomic mass is 16.5. The first-order valence-electron chi connectivity index (χ1n) is 9.13. The van der Waals surface area contributed by atoms with Crippen LogP contribution >= 0.6 is 0 Å². The van der Waals surface area contributed by atoms with Gasteiger partial charge in [-0.15, -0.1) is 0 Å². The molecule has 0 aromatic carbocycles. The van der Waals surface area contributed by atoms with E-state index in [9.17, 15) is 5.26 Å². The van der Waals surface area contributed by atoms with Crippen molar-refractivity contribution in [1.82, 2.24) is 4.98 Å². The third-order valence-corrected chi connectivity index (χ3v) is 5.28. The molecule has 0 saturated carbocycles. The molecule has 2 aliphatic rings. The molecule has 0 aliphatic carbocycles. The first-order valence-corrected chi connectivity index (χ1v) is 9.13. The Morgan fingerprint density at radius 2 is 1.68 bits per heavy atom. The van der Waals surface area contributed by atoms with Crippen molar-refractivity contribution in [3.8, 4) is 6.07 Å². The summed E-state index contributed by atoms with van der Waals surface area (Å²) in [4.78, 5) is 9.22. The zero-order valence-corrected chi connectivity index (χ0v) is 15.5. The van der Waals surface area contributed by atoms with Crippen molar-refractivity contribution in [1.29, 1.82) is 5.26 Å². The molecule has 0 unspecified atom stereocenters. The molecule has 25 heavy (non-hydrogen) atoms. The number of piperidine rings is 2. The third kappa shape index (κ3) is 3.88. The van der Waals surface area contributed by atoms with Gasteiger partial charge in [0.2, 0.25) is 0 Å². The molecule has 3 heterocycles. The van der Waals surface area contributed by atoms with Crippen molar-refractivity contribution in [3.63, 3.8) is 0 Å². The van der Waals surface area contributed by atoms with Gasteiger partial charge in [-0.2, -0.15) is 5.26 Å². The van der Waals surface area contributed by atoms with E-state index in [0.717, 1.165) is 69.1 Å². The summed E-state index contributed by atoms with van der Waals surface area (Å²) in [7, 11) is 3.52. The van der Waals surface area contributed by atoms with Crippen LogP contribution in [-0.2, 0) is 9.47 Å². The number of nitrogens with zero attached hydrogens (tertiary/aromatic N) is 4. The van der Waals surface area contributed by atoms with Crippen LogP contribution in [0.2, 0.25) is 0 Å². The summed E-state index contributed by atoms with van der Waals surface area (Å²) < 4.78 is 11.1. The highest BCUT2D eigenvalue weighted by molar-refractivity contribution is 5.71. The lowest BCUT2D eigenvalue weighted by Crippen LogP contribution is -2.42. The van der Waals surface area contributed by atoms with E-state index in [1.807, 2.05) is 13.0 Å². The summed E-state index contributed by atoms with van der Waals surface area (Å²) in [6, 6.07) is 4.46. The number of nitriles is 1. The molecule has 136 valence electrons. The van der Waals surface area contributed by atoms with E-state index in [1.54, 1.807) is 14.2 Å². The average molecular weight is 344 g/mol. The van der Waals surface area contributed by atoms with Crippen molar-refractivity contribution in [2.45, 2.75) is 44.8 Å². The first kappa shape index (κ1) is 18.0. The van der Waals surface area contributed by atoms with Crippen molar-refractivity contribution in [3.05, 3.63) is 17.3 Å². The van der Waals surface area contributed by atoms with Gasteiger partial charge in [-0.05, 0) is 38.7 Å². The summed E-state index contributed by atoms with van der Waals surface area (Å²) in [5, 5.41) is 9.89. The summed E-state index contributed by atoms with van der Waals surface area (Å²) in [6.07, 6.45) is 4.71. The number of ether oxygens (including phenoxy) is 2. The van der Waals surface area contributed by atoms with E-state index in [1.165, 1.54) is 0 Å². The van der Waals surface area contributed by atoms with Crippen LogP contribution in [0.1, 0.15) is 36.9 Å². The van der Waals surface area contributed by atoms with Gasteiger partial charge in [0.25, 0.3) is 0 Å². The van der Waals surface area contributed by atoms with E-state index >= 15 is 0 Å². The smallest absolute Gasteiger partial charge is 0.149 e. The Morgan fingerprint density at radius 1 is 1.08 bits per heavy atom. The second kappa shape index (κ2) is 8.03. The highest BCUT2D eigenvalue weighted by Gasteiger charge is 2.27. The lowest BCUT2D eigenvalue weighted by molar-refractivity contribution is 0.0889. The number of rotatable bonds is 4. The lowest BCUT2D eigenvalue weighted by atomic mass is 10.0. The zero-order valence-electron chi connectivity index (χ0n) is 15.5. The predicted octanol–water partition coefficient (Wildman–Crippen LogP) is 2.49. The van der Waals surface area contributed by atoms with Crippen molar-refractivity contribution < 1.29 is 9.47 Å². The summed E-state index contributed by atoms with van der Waals surface area (Å²) in [6.45, 7) is 5.50. The second-order valence-electron chi connectivity index (χ2n) is 6.99. The standard InChI is InChI=1S/C19H28N4O2/c1-14-10-18(22-8-4-6-15(12-22)24-2)17(11-20)19(21-14)23-9-5-7-16(13-23)25-3/h10,15-16H,4-9,12-13H2,1-3H3/t15-,16-/m0/s1. The maximum absolute atomic E-state index is 9.89. The number of hydrogen-bond acceptors (Lipinski definition) is 6. The number of aromatic nitrogens is 1. The van der Waals surface area contributed by atoms with Gasteiger partial charge < -0.3 is 19.3 Å². The quantitative estimate of drug-likeness (QED) is 0.836. The molecule has 6 heteroatoms. The fourth-order valence-electron chi connectivity index (χ4n) is 3.90. The maximum Gasteiger partial charge on any atom is 0.149 e. The molecule has 2 saturated heterocycles. The van der Waals surface area contributed by atoms with Crippen LogP contribution in [0.15, 0.2) is 6.07 Å². The predicted molar refractivity (Wildman–Crippen MR) is 98.2 cm³/mol. The SMILES string of the molecule is CO[C@H]1CCCN(c2cc(C)nc(N3CCC[C@H](OC)C3)c2C#N)C1. The van der Waals surface area contributed by atoms with Crippen LogP contribution in [0.5, 0.6) is 0 Å². The normalized spacial score (nSPS) is 24.2. The molecule has 0 radical (unpaired) electrons. The number of aryl methyl sites for hydroxylation is 1. The van der Waals surface area contributed by atoms with Crippen LogP contribution in [0.4, 0.5) is 11.5 Å². The molecule has 0 amide bonds. The Labute approximate surface area is 150 Å². The van der Waals surface area contributed by atoms with Gasteiger partial charge in [-0.25, -0.2) is 4.98 Å². The van der Waals surface area contributed by atoms with Gasteiger partial charge >= 0.3 is 0 Å². The molecule has 0 spiro atoms. The summed E-state index contributed by atoms with van der Waals surface area (Å²) in [5.41, 5.74) is 2.62. The molecule has 1 aromatic rings. The Balaban J connectivity index is 1.94. The molecule has 0 N–H and O–H groups in total. The largest absolute Gasteiger partial charge is 0.380 e. The molecule has 2 fully saturated rings. The molecule has 2 atom stereocenters. The van der Waals surface area contributed by atoms with Gasteiger partial charge in [-0.3, -0.25) is 0 Å². The average Bonchev–Trinajstić information content (AvgIpc) is 2.67. The fraction of sp³-hybridized carbons (Fsp3) is 0.684. The van der Waals surface area contributed by atoms with E-state index < -0.39 is 0 Å². The minimum atomic E-state index is 0.207. The fourth-order valence-corrected chi connectivity index (χ4v) is 3.90. The van der Waals surface area contributed by atoms with Crippen molar-refractivity contribution in [2.75, 3.05) is 50.2 Å². The van der Waals surface area contributed by atoms with E-state index in [0.29, 0.717) is 5.56 Å². The van der Waals surface area contributed by atoms with Crippen LogP contribution in [0, 0.1) is 18.3 Å². The molecule has 6 nitrogen and oxygen atoms in total. The lowest BCUT2D eigenvalue weighted by Gasteiger charge is -2.37. The number of hydrogen-bond donors (Lipinski definition) is 0. The first-order chi connectivity index (χ1) is 12.2. The van der Waals surface area contributed by atoms with Gasteiger partial charge in [0, 0.05) is 46.1 Å². The summed E-state index contributed by atoms with van der Waals surface area (Å²) >= 11 is 0. The molecule has 0 bridgehead atoms. The molecule has 1 aromatic heterocycles. The third-order valence-electron chi connectivity index (χ3n) is 5.28. The maximum atomic E-state index is 9.89. The van der Waals surface area contributed by atoms with Gasteiger partial charge in [0.1, 0.15) is 17.5 Å². The van der Waals surface area contributed by atoms with Gasteiger partial charge in [0.15, 0.2) is 0 Å². The number of pyridine rings is 1. The van der Waals surface area contributed by atoms with Crippen LogP contribution in [-0.4, -0.2) is 57.6 Å². The monoisotopic (exact) mass is 344 g/mol. The van der Waals surface area contributed by atoms with Crippen LogP contribution < -0.4 is 9.80 Å². The van der Waals surface area contributed by atoms with Crippen molar-refractivity contribution >= 4 is 11.5 Å². The molecule has 3 rings (SSSR count). The number of methoxy groups -OCH3 is 2. The van der Waals surface area contributed by atoms with E-state index in [4.69, 9.17) is 14.5 Å². The minimum Gasteiger partial charge on any atom is -0.380 e. The Hall–Kier alpha value is -1.84. The topological polar surface area (TPSA) is 61.6 Å². The zero-order chi connectivity index (χ0) is 17.8. The second-order valence-corrected chi connectivity index (χ2v) is 6.99. The number of anilines is 2. The molecular formula is C19H28N4O2. The Morgan fingerprint density at radius 3 is 2.28 bits per heavy atom. The Kier molecular flexibility index (Phi) is 5.77. The highest BCUT2D eigenvalue weighted by Crippen LogP contribution is 2.32. The minimum absolute atomic E-state index is 0.207.